The van der Waals surface area contributed by atoms with Crippen LogP contribution in [0.25, 0.3) is 0 Å². The normalized spacial score (nSPS) is 21.8. The summed E-state index contributed by atoms with van der Waals surface area (Å²) in [5, 5.41) is 2.87. The van der Waals surface area contributed by atoms with E-state index in [1.165, 1.54) is 12.1 Å². The first kappa shape index (κ1) is 18.7. The van der Waals surface area contributed by atoms with Gasteiger partial charge in [-0.25, -0.2) is 9.18 Å². The fourth-order valence-corrected chi connectivity index (χ4v) is 3.59. The molecule has 142 valence electrons. The number of hydrogen-bond donors (Lipinski definition) is 1. The zero-order valence-corrected chi connectivity index (χ0v) is 15.7. The minimum atomic E-state index is -0.587. The van der Waals surface area contributed by atoms with Crippen LogP contribution in [0.3, 0.4) is 0 Å². The van der Waals surface area contributed by atoms with Crippen LogP contribution in [0, 0.1) is 5.82 Å². The first-order chi connectivity index (χ1) is 12.2. The SMILES string of the molecule is CC(C)(C)OC(=O)N[C@@H]1CCCN(C(=O)C2(c3cccc(F)c3)CC2)C1. The number of nitrogens with one attached hydrogen (secondary N) is 1. The minimum absolute atomic E-state index is 0.0405. The van der Waals surface area contributed by atoms with Gasteiger partial charge in [0.2, 0.25) is 5.91 Å². The lowest BCUT2D eigenvalue weighted by atomic mass is 9.92. The molecule has 0 unspecified atom stereocenters. The highest BCUT2D eigenvalue weighted by molar-refractivity contribution is 5.91. The summed E-state index contributed by atoms with van der Waals surface area (Å²) in [6.07, 6.45) is 2.68. The van der Waals surface area contributed by atoms with Gasteiger partial charge < -0.3 is 15.0 Å². The van der Waals surface area contributed by atoms with E-state index in [1.54, 1.807) is 6.07 Å². The van der Waals surface area contributed by atoms with Gasteiger partial charge in [0.15, 0.2) is 0 Å². The number of benzene rings is 1. The Labute approximate surface area is 153 Å². The Hall–Kier alpha value is -2.11. The molecule has 0 radical (unpaired) electrons. The molecule has 1 aromatic carbocycles. The van der Waals surface area contributed by atoms with Gasteiger partial charge in [0.25, 0.3) is 0 Å². The summed E-state index contributed by atoms with van der Waals surface area (Å²) < 4.78 is 18.9. The standard InChI is InChI=1S/C20H27FN2O3/c1-19(2,3)26-18(25)22-16-8-5-11-23(13-16)17(24)20(9-10-20)14-6-4-7-15(21)12-14/h4,6-7,12,16H,5,8-11,13H2,1-3H3,(H,22,25)/t16-/m1/s1. The molecule has 2 aliphatic rings. The van der Waals surface area contributed by atoms with Crippen LogP contribution in [0.1, 0.15) is 52.0 Å². The third kappa shape index (κ3) is 4.17. The largest absolute Gasteiger partial charge is 0.444 e. The molecule has 1 atom stereocenters. The summed E-state index contributed by atoms with van der Waals surface area (Å²) in [6, 6.07) is 6.22. The van der Waals surface area contributed by atoms with Gasteiger partial charge in [0.05, 0.1) is 5.41 Å². The molecule has 2 amide bonds. The molecule has 0 spiro atoms. The predicted octanol–water partition coefficient (Wildman–Crippen LogP) is 3.37. The first-order valence-corrected chi connectivity index (χ1v) is 9.25. The Morgan fingerprint density at radius 2 is 2.04 bits per heavy atom. The molecule has 1 aromatic rings. The van der Waals surface area contributed by atoms with Crippen molar-refractivity contribution < 1.29 is 18.7 Å². The van der Waals surface area contributed by atoms with Gasteiger partial charge in [0, 0.05) is 19.1 Å². The lowest BCUT2D eigenvalue weighted by molar-refractivity contribution is -0.135. The van der Waals surface area contributed by atoms with E-state index in [-0.39, 0.29) is 17.8 Å². The van der Waals surface area contributed by atoms with Crippen LogP contribution in [0.15, 0.2) is 24.3 Å². The van der Waals surface area contributed by atoms with Gasteiger partial charge in [0.1, 0.15) is 11.4 Å². The van der Waals surface area contributed by atoms with Crippen molar-refractivity contribution in [3.8, 4) is 0 Å². The molecule has 0 aromatic heterocycles. The number of alkyl carbamates (subject to hydrolysis) is 1. The highest BCUT2D eigenvalue weighted by atomic mass is 19.1. The van der Waals surface area contributed by atoms with Crippen LogP contribution in [0.2, 0.25) is 0 Å². The fraction of sp³-hybridized carbons (Fsp3) is 0.600. The molecule has 1 aliphatic carbocycles. The maximum atomic E-state index is 13.6. The molecule has 0 bridgehead atoms. The van der Waals surface area contributed by atoms with Crippen LogP contribution in [0.5, 0.6) is 0 Å². The molecule has 6 heteroatoms. The van der Waals surface area contributed by atoms with Crippen molar-refractivity contribution in [3.05, 3.63) is 35.6 Å². The van der Waals surface area contributed by atoms with Crippen molar-refractivity contribution in [2.45, 2.75) is 63.5 Å². The molecule has 1 saturated carbocycles. The lowest BCUT2D eigenvalue weighted by Gasteiger charge is -2.35. The third-order valence-electron chi connectivity index (χ3n) is 4.97. The van der Waals surface area contributed by atoms with E-state index in [9.17, 15) is 14.0 Å². The summed E-state index contributed by atoms with van der Waals surface area (Å²) in [6.45, 7) is 6.59. The van der Waals surface area contributed by atoms with E-state index in [1.807, 2.05) is 31.7 Å². The van der Waals surface area contributed by atoms with Gasteiger partial charge in [-0.05, 0) is 64.2 Å². The van der Waals surface area contributed by atoms with Gasteiger partial charge in [-0.1, -0.05) is 12.1 Å². The van der Waals surface area contributed by atoms with Gasteiger partial charge in [-0.2, -0.15) is 0 Å². The lowest BCUT2D eigenvalue weighted by Crippen LogP contribution is -2.52. The molecule has 1 aliphatic heterocycles. The molecule has 1 saturated heterocycles. The Balaban J connectivity index is 1.64. The fourth-order valence-electron chi connectivity index (χ4n) is 3.59. The summed E-state index contributed by atoms with van der Waals surface area (Å²) in [5.74, 6) is -0.275. The van der Waals surface area contributed by atoms with E-state index in [0.29, 0.717) is 13.1 Å². The van der Waals surface area contributed by atoms with Crippen molar-refractivity contribution in [2.75, 3.05) is 13.1 Å². The molecule has 1 heterocycles. The third-order valence-corrected chi connectivity index (χ3v) is 4.97. The zero-order valence-electron chi connectivity index (χ0n) is 15.7. The molecule has 26 heavy (non-hydrogen) atoms. The van der Waals surface area contributed by atoms with Crippen molar-refractivity contribution in [1.29, 1.82) is 0 Å². The number of carbonyl (C=O) groups excluding carboxylic acids is 2. The van der Waals surface area contributed by atoms with Crippen LogP contribution >= 0.6 is 0 Å². The van der Waals surface area contributed by atoms with Crippen molar-refractivity contribution in [1.82, 2.24) is 10.2 Å². The van der Waals surface area contributed by atoms with Gasteiger partial charge in [-0.15, -0.1) is 0 Å². The maximum absolute atomic E-state index is 13.6. The summed E-state index contributed by atoms with van der Waals surface area (Å²) in [4.78, 5) is 26.9. The van der Waals surface area contributed by atoms with Crippen LogP contribution in [-0.4, -0.2) is 41.6 Å². The number of rotatable bonds is 3. The van der Waals surface area contributed by atoms with E-state index in [0.717, 1.165) is 31.2 Å². The van der Waals surface area contributed by atoms with Crippen LogP contribution < -0.4 is 5.32 Å². The second-order valence-corrected chi connectivity index (χ2v) is 8.33. The Kier molecular flexibility index (Phi) is 4.95. The second kappa shape index (κ2) is 6.89. The molecule has 1 N–H and O–H groups in total. The Bertz CT molecular complexity index is 695. The Morgan fingerprint density at radius 1 is 1.31 bits per heavy atom. The summed E-state index contributed by atoms with van der Waals surface area (Å²) in [5.41, 5.74) is -0.385. The average Bonchev–Trinajstić information content (AvgIpc) is 3.34. The molecular formula is C20H27FN2O3. The van der Waals surface area contributed by atoms with Gasteiger partial charge in [-0.3, -0.25) is 4.79 Å². The summed E-state index contributed by atoms with van der Waals surface area (Å²) in [7, 11) is 0. The zero-order chi connectivity index (χ0) is 18.9. The maximum Gasteiger partial charge on any atom is 0.407 e. The van der Waals surface area contributed by atoms with E-state index in [4.69, 9.17) is 4.74 Å². The molecular weight excluding hydrogens is 335 g/mol. The molecule has 2 fully saturated rings. The Morgan fingerprint density at radius 3 is 2.65 bits per heavy atom. The number of carbonyl (C=O) groups is 2. The topological polar surface area (TPSA) is 58.6 Å². The number of nitrogens with zero attached hydrogens (tertiary/aromatic N) is 1. The molecule has 3 rings (SSSR count). The van der Waals surface area contributed by atoms with Gasteiger partial charge >= 0.3 is 6.09 Å². The quantitative estimate of drug-likeness (QED) is 0.897. The highest BCUT2D eigenvalue weighted by Gasteiger charge is 2.53. The van der Waals surface area contributed by atoms with E-state index < -0.39 is 17.1 Å². The highest BCUT2D eigenvalue weighted by Crippen LogP contribution is 2.50. The number of likely N-dealkylation sites (tertiary alicyclic amines) is 1. The summed E-state index contributed by atoms with van der Waals surface area (Å²) >= 11 is 0. The van der Waals surface area contributed by atoms with Crippen molar-refractivity contribution in [2.24, 2.45) is 0 Å². The van der Waals surface area contributed by atoms with Crippen molar-refractivity contribution in [3.63, 3.8) is 0 Å². The monoisotopic (exact) mass is 362 g/mol. The first-order valence-electron chi connectivity index (χ1n) is 9.25. The van der Waals surface area contributed by atoms with Crippen molar-refractivity contribution >= 4 is 12.0 Å². The number of amides is 2. The van der Waals surface area contributed by atoms with E-state index >= 15 is 0 Å². The smallest absolute Gasteiger partial charge is 0.407 e. The minimum Gasteiger partial charge on any atom is -0.444 e. The number of piperidine rings is 1. The number of ether oxygens (including phenoxy) is 1. The van der Waals surface area contributed by atoms with Crippen LogP contribution in [0.4, 0.5) is 9.18 Å². The predicted molar refractivity (Wildman–Crippen MR) is 96.3 cm³/mol. The average molecular weight is 362 g/mol. The number of halogens is 1. The van der Waals surface area contributed by atoms with Crippen LogP contribution in [-0.2, 0) is 14.9 Å². The van der Waals surface area contributed by atoms with E-state index in [2.05, 4.69) is 5.32 Å². The molecule has 5 nitrogen and oxygen atoms in total. The number of hydrogen-bond acceptors (Lipinski definition) is 3. The second-order valence-electron chi connectivity index (χ2n) is 8.33.